The van der Waals surface area contributed by atoms with E-state index >= 15 is 0 Å². The molecule has 0 amide bonds. The highest BCUT2D eigenvalue weighted by atomic mass is 35.5. The number of hydrogen-bond acceptors (Lipinski definition) is 4. The molecule has 0 spiro atoms. The number of ether oxygens (including phenoxy) is 2. The van der Waals surface area contributed by atoms with Crippen molar-refractivity contribution in [3.05, 3.63) is 52.5 Å². The van der Waals surface area contributed by atoms with Gasteiger partial charge in [-0.2, -0.15) is 5.10 Å². The summed E-state index contributed by atoms with van der Waals surface area (Å²) in [6, 6.07) is 11.4. The normalized spacial score (nSPS) is 12.9. The lowest BCUT2D eigenvalue weighted by Crippen LogP contribution is -1.93. The van der Waals surface area contributed by atoms with Gasteiger partial charge in [-0.25, -0.2) is 0 Å². The van der Waals surface area contributed by atoms with Gasteiger partial charge in [0.1, 0.15) is 0 Å². The van der Waals surface area contributed by atoms with Crippen LogP contribution in [0.2, 0.25) is 5.02 Å². The van der Waals surface area contributed by atoms with Gasteiger partial charge < -0.3 is 9.47 Å². The second-order valence-corrected chi connectivity index (χ2v) is 4.85. The quantitative estimate of drug-likeness (QED) is 0.689. The van der Waals surface area contributed by atoms with Crippen LogP contribution in [-0.4, -0.2) is 13.0 Å². The van der Waals surface area contributed by atoms with Crippen LogP contribution in [0.1, 0.15) is 11.1 Å². The summed E-state index contributed by atoms with van der Waals surface area (Å²) < 4.78 is 10.6. The smallest absolute Gasteiger partial charge is 0.231 e. The Morgan fingerprint density at radius 2 is 2.00 bits per heavy atom. The Labute approximate surface area is 122 Å². The van der Waals surface area contributed by atoms with E-state index in [4.69, 9.17) is 21.1 Å². The number of aryl methyl sites for hydroxylation is 1. The number of fused-ring (bicyclic) bond motifs is 1. The molecular weight excluding hydrogens is 276 g/mol. The van der Waals surface area contributed by atoms with Crippen molar-refractivity contribution in [1.82, 2.24) is 0 Å². The molecule has 0 fully saturated rings. The first-order valence-corrected chi connectivity index (χ1v) is 6.55. The van der Waals surface area contributed by atoms with E-state index in [0.717, 1.165) is 28.3 Å². The molecule has 1 aliphatic rings. The molecule has 0 radical (unpaired) electrons. The average molecular weight is 289 g/mol. The molecule has 4 nitrogen and oxygen atoms in total. The fourth-order valence-corrected chi connectivity index (χ4v) is 2.02. The van der Waals surface area contributed by atoms with Crippen molar-refractivity contribution < 1.29 is 9.47 Å². The van der Waals surface area contributed by atoms with E-state index in [1.807, 2.05) is 43.3 Å². The third-order valence-corrected chi connectivity index (χ3v) is 3.38. The first-order chi connectivity index (χ1) is 9.72. The Morgan fingerprint density at radius 3 is 2.85 bits per heavy atom. The van der Waals surface area contributed by atoms with Crippen LogP contribution >= 0.6 is 11.6 Å². The van der Waals surface area contributed by atoms with E-state index in [-0.39, 0.29) is 6.79 Å². The molecule has 0 saturated heterocycles. The summed E-state index contributed by atoms with van der Waals surface area (Å²) in [4.78, 5) is 0. The summed E-state index contributed by atoms with van der Waals surface area (Å²) in [6.45, 7) is 2.23. The van der Waals surface area contributed by atoms with Gasteiger partial charge in [0.2, 0.25) is 6.79 Å². The van der Waals surface area contributed by atoms with Crippen molar-refractivity contribution in [3.63, 3.8) is 0 Å². The maximum absolute atomic E-state index is 6.05. The summed E-state index contributed by atoms with van der Waals surface area (Å²) in [5.74, 6) is 1.51. The van der Waals surface area contributed by atoms with Crippen LogP contribution in [-0.2, 0) is 0 Å². The van der Waals surface area contributed by atoms with Crippen LogP contribution in [0, 0.1) is 6.92 Å². The number of halogens is 1. The van der Waals surface area contributed by atoms with Gasteiger partial charge in [0.15, 0.2) is 11.5 Å². The lowest BCUT2D eigenvalue weighted by Gasteiger charge is -2.03. The lowest BCUT2D eigenvalue weighted by atomic mass is 10.2. The average Bonchev–Trinajstić information content (AvgIpc) is 2.90. The predicted octanol–water partition coefficient (Wildman–Crippen LogP) is 3.82. The highest BCUT2D eigenvalue weighted by Crippen LogP contribution is 2.32. The minimum atomic E-state index is 0.274. The van der Waals surface area contributed by atoms with Crippen molar-refractivity contribution in [2.24, 2.45) is 5.10 Å². The molecule has 0 atom stereocenters. The van der Waals surface area contributed by atoms with Crippen molar-refractivity contribution in [3.8, 4) is 11.5 Å². The summed E-state index contributed by atoms with van der Waals surface area (Å²) >= 11 is 6.05. The third kappa shape index (κ3) is 2.70. The Balaban J connectivity index is 1.69. The standard InChI is InChI=1S/C15H13ClN2O2/c1-10-2-4-12(7-13(10)16)18-17-8-11-3-5-14-15(6-11)20-9-19-14/h2-8,18H,9H2,1H3. The minimum absolute atomic E-state index is 0.274. The van der Waals surface area contributed by atoms with Crippen LogP contribution in [0.4, 0.5) is 5.69 Å². The monoisotopic (exact) mass is 288 g/mol. The van der Waals surface area contributed by atoms with Gasteiger partial charge in [0.25, 0.3) is 0 Å². The zero-order valence-electron chi connectivity index (χ0n) is 10.9. The zero-order chi connectivity index (χ0) is 13.9. The molecule has 3 rings (SSSR count). The van der Waals surface area contributed by atoms with Crippen molar-refractivity contribution >= 4 is 23.5 Å². The van der Waals surface area contributed by atoms with E-state index < -0.39 is 0 Å². The number of hydrazone groups is 1. The van der Waals surface area contributed by atoms with Crippen LogP contribution < -0.4 is 14.9 Å². The molecule has 0 unspecified atom stereocenters. The van der Waals surface area contributed by atoms with Gasteiger partial charge in [-0.3, -0.25) is 5.43 Å². The Bertz CT molecular complexity index is 671. The highest BCUT2D eigenvalue weighted by molar-refractivity contribution is 6.31. The van der Waals surface area contributed by atoms with Crippen molar-refractivity contribution in [1.29, 1.82) is 0 Å². The molecule has 0 bridgehead atoms. The van der Waals surface area contributed by atoms with Crippen LogP contribution in [0.3, 0.4) is 0 Å². The fraction of sp³-hybridized carbons (Fsp3) is 0.133. The molecule has 2 aromatic carbocycles. The van der Waals surface area contributed by atoms with E-state index in [1.54, 1.807) is 6.21 Å². The largest absolute Gasteiger partial charge is 0.454 e. The highest BCUT2D eigenvalue weighted by Gasteiger charge is 2.12. The Hall–Kier alpha value is -2.20. The van der Waals surface area contributed by atoms with Gasteiger partial charge in [0, 0.05) is 5.02 Å². The lowest BCUT2D eigenvalue weighted by molar-refractivity contribution is 0.174. The molecular formula is C15H13ClN2O2. The SMILES string of the molecule is Cc1ccc(NN=Cc2ccc3c(c2)OCO3)cc1Cl. The predicted molar refractivity (Wildman–Crippen MR) is 80.0 cm³/mol. The van der Waals surface area contributed by atoms with Crippen molar-refractivity contribution in [2.45, 2.75) is 6.92 Å². The fourth-order valence-electron chi connectivity index (χ4n) is 1.84. The second kappa shape index (κ2) is 5.43. The second-order valence-electron chi connectivity index (χ2n) is 4.45. The number of anilines is 1. The third-order valence-electron chi connectivity index (χ3n) is 2.98. The maximum atomic E-state index is 6.05. The topological polar surface area (TPSA) is 42.9 Å². The van der Waals surface area contributed by atoms with E-state index in [1.165, 1.54) is 0 Å². The molecule has 102 valence electrons. The van der Waals surface area contributed by atoms with E-state index in [0.29, 0.717) is 5.02 Å². The van der Waals surface area contributed by atoms with E-state index in [2.05, 4.69) is 10.5 Å². The van der Waals surface area contributed by atoms with Gasteiger partial charge in [-0.1, -0.05) is 17.7 Å². The minimum Gasteiger partial charge on any atom is -0.454 e. The summed E-state index contributed by atoms with van der Waals surface area (Å²) in [5, 5.41) is 4.89. The van der Waals surface area contributed by atoms with Gasteiger partial charge >= 0.3 is 0 Å². The molecule has 1 heterocycles. The molecule has 5 heteroatoms. The molecule has 0 aromatic heterocycles. The number of nitrogens with zero attached hydrogens (tertiary/aromatic N) is 1. The van der Waals surface area contributed by atoms with Crippen molar-refractivity contribution in [2.75, 3.05) is 12.2 Å². The van der Waals surface area contributed by atoms with Crippen LogP contribution in [0.5, 0.6) is 11.5 Å². The Kier molecular flexibility index (Phi) is 3.48. The summed E-state index contributed by atoms with van der Waals surface area (Å²) in [7, 11) is 0. The van der Waals surface area contributed by atoms with Gasteiger partial charge in [0.05, 0.1) is 11.9 Å². The number of hydrogen-bond donors (Lipinski definition) is 1. The molecule has 0 saturated carbocycles. The molecule has 1 aliphatic heterocycles. The number of rotatable bonds is 3. The van der Waals surface area contributed by atoms with E-state index in [9.17, 15) is 0 Å². The van der Waals surface area contributed by atoms with Gasteiger partial charge in [-0.05, 0) is 48.4 Å². The Morgan fingerprint density at radius 1 is 1.15 bits per heavy atom. The maximum Gasteiger partial charge on any atom is 0.231 e. The summed E-state index contributed by atoms with van der Waals surface area (Å²) in [6.07, 6.45) is 1.72. The first-order valence-electron chi connectivity index (χ1n) is 6.17. The molecule has 0 aliphatic carbocycles. The van der Waals surface area contributed by atoms with Gasteiger partial charge in [-0.15, -0.1) is 0 Å². The number of benzene rings is 2. The first kappa shape index (κ1) is 12.8. The molecule has 20 heavy (non-hydrogen) atoms. The molecule has 2 aromatic rings. The van der Waals surface area contributed by atoms with Crippen LogP contribution in [0.15, 0.2) is 41.5 Å². The summed E-state index contributed by atoms with van der Waals surface area (Å²) in [5.41, 5.74) is 5.76. The molecule has 1 N–H and O–H groups in total. The van der Waals surface area contributed by atoms with Crippen LogP contribution in [0.25, 0.3) is 0 Å². The zero-order valence-corrected chi connectivity index (χ0v) is 11.6. The number of nitrogens with one attached hydrogen (secondary N) is 1.